The molecule has 2 heterocycles. The van der Waals surface area contributed by atoms with Gasteiger partial charge in [0.05, 0.1) is 30.2 Å². The fourth-order valence-electron chi connectivity index (χ4n) is 4.46. The summed E-state index contributed by atoms with van der Waals surface area (Å²) in [6, 6.07) is 22.2. The molecule has 1 aliphatic rings. The zero-order chi connectivity index (χ0) is 22.9. The first-order chi connectivity index (χ1) is 16.1. The minimum atomic E-state index is -1.25. The van der Waals surface area contributed by atoms with Crippen LogP contribution in [0, 0.1) is 11.7 Å². The van der Waals surface area contributed by atoms with Gasteiger partial charge in [0.25, 0.3) is 0 Å². The van der Waals surface area contributed by atoms with Crippen molar-refractivity contribution in [3.63, 3.8) is 0 Å². The average Bonchev–Trinajstić information content (AvgIpc) is 3.21. The number of rotatable bonds is 5. The number of hydrogen-bond donors (Lipinski definition) is 0. The molecule has 0 aliphatic carbocycles. The molecule has 1 amide bonds. The van der Waals surface area contributed by atoms with E-state index in [4.69, 9.17) is 9.72 Å². The Labute approximate surface area is 190 Å². The van der Waals surface area contributed by atoms with Crippen LogP contribution < -0.4 is 4.90 Å². The maximum atomic E-state index is 15.1. The lowest BCUT2D eigenvalue weighted by atomic mass is 9.89. The van der Waals surface area contributed by atoms with E-state index in [9.17, 15) is 9.59 Å². The van der Waals surface area contributed by atoms with Gasteiger partial charge in [0.15, 0.2) is 5.92 Å². The lowest BCUT2D eigenvalue weighted by Gasteiger charge is -2.38. The molecule has 166 valence electrons. The van der Waals surface area contributed by atoms with Crippen molar-refractivity contribution in [1.82, 2.24) is 9.55 Å². The van der Waals surface area contributed by atoms with Gasteiger partial charge in [0.2, 0.25) is 11.9 Å². The lowest BCUT2D eigenvalue weighted by Crippen LogP contribution is -2.50. The lowest BCUT2D eigenvalue weighted by molar-refractivity contribution is -0.153. The number of amides is 1. The molecule has 0 bridgehead atoms. The van der Waals surface area contributed by atoms with Crippen molar-refractivity contribution in [1.29, 1.82) is 0 Å². The minimum absolute atomic E-state index is 0.114. The number of halogens is 1. The number of imidazole rings is 1. The molecule has 0 unspecified atom stereocenters. The summed E-state index contributed by atoms with van der Waals surface area (Å²) < 4.78 is 22.2. The minimum Gasteiger partial charge on any atom is -0.465 e. The van der Waals surface area contributed by atoms with E-state index in [1.54, 1.807) is 29.7 Å². The number of hydrogen-bond acceptors (Lipinski definition) is 4. The number of nitrogens with zero attached hydrogens (tertiary/aromatic N) is 3. The molecule has 7 heteroatoms. The molecule has 33 heavy (non-hydrogen) atoms. The number of fused-ring (bicyclic) bond motifs is 3. The van der Waals surface area contributed by atoms with Crippen LogP contribution in [0.4, 0.5) is 10.3 Å². The van der Waals surface area contributed by atoms with Crippen molar-refractivity contribution in [2.45, 2.75) is 19.5 Å². The number of benzene rings is 3. The molecular weight excluding hydrogens is 421 g/mol. The third kappa shape index (κ3) is 3.55. The van der Waals surface area contributed by atoms with Crippen LogP contribution in [-0.4, -0.2) is 28.0 Å². The molecule has 2 atom stereocenters. The van der Waals surface area contributed by atoms with Crippen LogP contribution in [0.1, 0.15) is 24.1 Å². The molecular formula is C26H22FN3O3. The highest BCUT2D eigenvalue weighted by Crippen LogP contribution is 2.42. The highest BCUT2D eigenvalue weighted by atomic mass is 19.1. The van der Waals surface area contributed by atoms with Crippen LogP contribution in [0.15, 0.2) is 78.9 Å². The summed E-state index contributed by atoms with van der Waals surface area (Å²) in [6.07, 6.45) is 0. The Balaban J connectivity index is 1.77. The summed E-state index contributed by atoms with van der Waals surface area (Å²) >= 11 is 0. The van der Waals surface area contributed by atoms with Crippen molar-refractivity contribution in [2.75, 3.05) is 11.5 Å². The van der Waals surface area contributed by atoms with E-state index in [-0.39, 0.29) is 18.7 Å². The average molecular weight is 443 g/mol. The summed E-state index contributed by atoms with van der Waals surface area (Å²) in [5.41, 5.74) is 2.49. The van der Waals surface area contributed by atoms with E-state index in [0.717, 1.165) is 5.56 Å². The highest BCUT2D eigenvalue weighted by Gasteiger charge is 2.48. The first-order valence-corrected chi connectivity index (χ1v) is 10.8. The van der Waals surface area contributed by atoms with Crippen molar-refractivity contribution in [3.8, 4) is 0 Å². The molecule has 5 rings (SSSR count). The van der Waals surface area contributed by atoms with Crippen LogP contribution in [0.25, 0.3) is 11.0 Å². The smallest absolute Gasteiger partial charge is 0.321 e. The van der Waals surface area contributed by atoms with Crippen molar-refractivity contribution in [2.24, 2.45) is 5.92 Å². The number of aromatic nitrogens is 2. The van der Waals surface area contributed by atoms with Crippen molar-refractivity contribution >= 4 is 28.9 Å². The Morgan fingerprint density at radius 3 is 2.45 bits per heavy atom. The topological polar surface area (TPSA) is 64.4 Å². The summed E-state index contributed by atoms with van der Waals surface area (Å²) in [5, 5.41) is 0. The van der Waals surface area contributed by atoms with Gasteiger partial charge in [-0.25, -0.2) is 9.37 Å². The number of para-hydroxylation sites is 2. The SMILES string of the molecule is CCOC(=O)[C@@H]1C(=O)N(Cc2ccccc2)c2nc3ccccc3n2[C@H]1c1ccccc1F. The van der Waals surface area contributed by atoms with Gasteiger partial charge in [-0.3, -0.25) is 14.5 Å². The van der Waals surface area contributed by atoms with Gasteiger partial charge in [-0.1, -0.05) is 60.7 Å². The van der Waals surface area contributed by atoms with Crippen molar-refractivity contribution in [3.05, 3.63) is 95.8 Å². The predicted molar refractivity (Wildman–Crippen MR) is 122 cm³/mol. The second kappa shape index (κ2) is 8.50. The zero-order valence-electron chi connectivity index (χ0n) is 18.0. The van der Waals surface area contributed by atoms with Gasteiger partial charge >= 0.3 is 5.97 Å². The standard InChI is InChI=1S/C26H22FN3O3/c1-2-33-25(32)22-23(18-12-6-7-13-19(18)27)30-21-15-9-8-14-20(21)28-26(30)29(24(22)31)16-17-10-4-3-5-11-17/h3-15,22-23H,2,16H2,1H3/t22-,23-/m0/s1. The second-order valence-electron chi connectivity index (χ2n) is 7.88. The molecule has 0 N–H and O–H groups in total. The van der Waals surface area contributed by atoms with Crippen molar-refractivity contribution < 1.29 is 18.7 Å². The Hall–Kier alpha value is -4.00. The molecule has 1 aromatic heterocycles. The molecule has 4 aromatic rings. The van der Waals surface area contributed by atoms with E-state index in [1.807, 2.05) is 54.6 Å². The molecule has 0 saturated heterocycles. The number of esters is 1. The van der Waals surface area contributed by atoms with Gasteiger partial charge in [0, 0.05) is 5.56 Å². The van der Waals surface area contributed by atoms with E-state index in [1.165, 1.54) is 11.0 Å². The van der Waals surface area contributed by atoms with E-state index in [2.05, 4.69) is 0 Å². The second-order valence-corrected chi connectivity index (χ2v) is 7.88. The van der Waals surface area contributed by atoms with Gasteiger partial charge in [-0.05, 0) is 30.7 Å². The van der Waals surface area contributed by atoms with E-state index >= 15 is 4.39 Å². The molecule has 0 fully saturated rings. The zero-order valence-corrected chi connectivity index (χ0v) is 18.0. The summed E-state index contributed by atoms with van der Waals surface area (Å²) in [7, 11) is 0. The summed E-state index contributed by atoms with van der Waals surface area (Å²) in [6.45, 7) is 2.02. The fourth-order valence-corrected chi connectivity index (χ4v) is 4.46. The molecule has 0 spiro atoms. The van der Waals surface area contributed by atoms with Crippen LogP contribution in [0.5, 0.6) is 0 Å². The Morgan fingerprint density at radius 1 is 1.00 bits per heavy atom. The number of carbonyl (C=O) groups excluding carboxylic acids is 2. The first-order valence-electron chi connectivity index (χ1n) is 10.8. The number of ether oxygens (including phenoxy) is 1. The fraction of sp³-hybridized carbons (Fsp3) is 0.192. The first kappa shape index (κ1) is 20.9. The normalized spacial score (nSPS) is 17.8. The summed E-state index contributed by atoms with van der Waals surface area (Å²) in [4.78, 5) is 33.2. The monoisotopic (exact) mass is 443 g/mol. The molecule has 1 aliphatic heterocycles. The van der Waals surface area contributed by atoms with Gasteiger partial charge < -0.3 is 9.30 Å². The largest absolute Gasteiger partial charge is 0.465 e. The van der Waals surface area contributed by atoms with Gasteiger partial charge in [0.1, 0.15) is 5.82 Å². The van der Waals surface area contributed by atoms with Crippen LogP contribution >= 0.6 is 0 Å². The molecule has 0 saturated carbocycles. The molecule has 0 radical (unpaired) electrons. The Kier molecular flexibility index (Phi) is 5.38. The van der Waals surface area contributed by atoms with Crippen LogP contribution in [0.2, 0.25) is 0 Å². The predicted octanol–water partition coefficient (Wildman–Crippen LogP) is 4.49. The maximum absolute atomic E-state index is 15.1. The van der Waals surface area contributed by atoms with E-state index < -0.39 is 29.7 Å². The molecule has 3 aromatic carbocycles. The highest BCUT2D eigenvalue weighted by molar-refractivity contribution is 6.08. The van der Waals surface area contributed by atoms with Crippen LogP contribution in [0.3, 0.4) is 0 Å². The maximum Gasteiger partial charge on any atom is 0.321 e. The number of carbonyl (C=O) groups is 2. The Morgan fingerprint density at radius 2 is 1.70 bits per heavy atom. The van der Waals surface area contributed by atoms with E-state index in [0.29, 0.717) is 17.0 Å². The molecule has 6 nitrogen and oxygen atoms in total. The number of anilines is 1. The van der Waals surface area contributed by atoms with Gasteiger partial charge in [-0.2, -0.15) is 0 Å². The third-order valence-electron chi connectivity index (χ3n) is 5.89. The Bertz CT molecular complexity index is 1340. The third-order valence-corrected chi connectivity index (χ3v) is 5.89. The van der Waals surface area contributed by atoms with Crippen LogP contribution in [-0.2, 0) is 20.9 Å². The quantitative estimate of drug-likeness (QED) is 0.337. The van der Waals surface area contributed by atoms with Gasteiger partial charge in [-0.15, -0.1) is 0 Å². The summed E-state index contributed by atoms with van der Waals surface area (Å²) in [5.74, 6) is -2.52.